The Kier molecular flexibility index (Phi) is 3.93. The first kappa shape index (κ1) is 14.1. The van der Waals surface area contributed by atoms with Crippen LogP contribution in [0.2, 0.25) is 0 Å². The van der Waals surface area contributed by atoms with Gasteiger partial charge in [0.2, 0.25) is 0 Å². The second kappa shape index (κ2) is 5.86. The maximum atomic E-state index is 5.98. The Labute approximate surface area is 125 Å². The number of rotatable bonds is 3. The van der Waals surface area contributed by atoms with E-state index in [-0.39, 0.29) is 0 Å². The first-order valence-corrected chi connectivity index (χ1v) is 7.71. The van der Waals surface area contributed by atoms with Crippen LogP contribution in [0.5, 0.6) is 0 Å². The second-order valence-corrected chi connectivity index (χ2v) is 6.10. The maximum absolute atomic E-state index is 5.98. The molecule has 1 aromatic carbocycles. The summed E-state index contributed by atoms with van der Waals surface area (Å²) in [5.74, 6) is 0.660. The molecule has 0 saturated heterocycles. The summed E-state index contributed by atoms with van der Waals surface area (Å²) in [4.78, 5) is 0. The van der Waals surface area contributed by atoms with Crippen molar-refractivity contribution >= 4 is 13.2 Å². The topological polar surface area (TPSA) is 43.8 Å². The first-order chi connectivity index (χ1) is 10.1. The highest BCUT2D eigenvalue weighted by molar-refractivity contribution is 5.59. The molecule has 1 aromatic heterocycles. The average Bonchev–Trinajstić information content (AvgIpc) is 2.79. The molecule has 3 rings (SSSR count). The van der Waals surface area contributed by atoms with Crippen molar-refractivity contribution in [2.45, 2.75) is 38.3 Å². The van der Waals surface area contributed by atoms with E-state index < -0.39 is 0 Å². The van der Waals surface area contributed by atoms with Gasteiger partial charge in [-0.05, 0) is 31.6 Å². The third-order valence-corrected chi connectivity index (χ3v) is 4.54. The monoisotopic (exact) mass is 281 g/mol. The molecule has 0 spiro atoms. The van der Waals surface area contributed by atoms with Crippen LogP contribution in [0.4, 0.5) is 0 Å². The van der Waals surface area contributed by atoms with E-state index in [0.29, 0.717) is 12.0 Å². The predicted molar refractivity (Wildman–Crippen MR) is 87.9 cm³/mol. The predicted octanol–water partition coefficient (Wildman–Crippen LogP) is 1.89. The van der Waals surface area contributed by atoms with Gasteiger partial charge < -0.3 is 5.73 Å². The maximum Gasteiger partial charge on any atom is 0.0995 e. The summed E-state index contributed by atoms with van der Waals surface area (Å²) >= 11 is 0. The number of hydrogen-bond donors (Lipinski definition) is 1. The Morgan fingerprint density at radius 1 is 1.10 bits per heavy atom. The van der Waals surface area contributed by atoms with Gasteiger partial charge >= 0.3 is 0 Å². The lowest BCUT2D eigenvalue weighted by Gasteiger charge is -2.25. The van der Waals surface area contributed by atoms with Crippen molar-refractivity contribution in [2.75, 3.05) is 0 Å². The van der Waals surface area contributed by atoms with Crippen LogP contribution < -0.4 is 16.3 Å². The summed E-state index contributed by atoms with van der Waals surface area (Å²) in [6.07, 6.45) is 4.63. The van der Waals surface area contributed by atoms with Crippen molar-refractivity contribution in [1.82, 2.24) is 9.78 Å². The number of hydrogen-bond acceptors (Lipinski definition) is 2. The van der Waals surface area contributed by atoms with Gasteiger partial charge in [0.1, 0.15) is 0 Å². The van der Waals surface area contributed by atoms with Crippen molar-refractivity contribution < 1.29 is 0 Å². The van der Waals surface area contributed by atoms with Crippen LogP contribution in [0.3, 0.4) is 0 Å². The molecule has 0 unspecified atom stereocenters. The zero-order valence-electron chi connectivity index (χ0n) is 12.5. The number of benzene rings is 1. The molecule has 3 nitrogen and oxygen atoms in total. The molecule has 21 heavy (non-hydrogen) atoms. The molecule has 2 aromatic rings. The van der Waals surface area contributed by atoms with Crippen LogP contribution in [0.1, 0.15) is 25.7 Å². The van der Waals surface area contributed by atoms with E-state index >= 15 is 0 Å². The SMILES string of the molecule is C=c1c(-c2ccccc2)nn(CC2CCC(N)CC2)c1=C. The Hall–Kier alpha value is -1.87. The lowest BCUT2D eigenvalue weighted by molar-refractivity contribution is 0.284. The van der Waals surface area contributed by atoms with Crippen LogP contribution in [0.25, 0.3) is 24.4 Å². The van der Waals surface area contributed by atoms with Gasteiger partial charge in [0, 0.05) is 23.4 Å². The molecule has 0 atom stereocenters. The van der Waals surface area contributed by atoms with Crippen LogP contribution in [-0.4, -0.2) is 15.8 Å². The standard InChI is InChI=1S/C18H23N3/c1-13-14(2)21(12-15-8-10-17(19)11-9-15)20-18(13)16-6-4-3-5-7-16/h3-7,15,17H,1-2,8-12,19H2. The molecule has 0 amide bonds. The van der Waals surface area contributed by atoms with Crippen LogP contribution in [0, 0.1) is 5.92 Å². The molecule has 1 saturated carbocycles. The molecule has 0 bridgehead atoms. The van der Waals surface area contributed by atoms with E-state index in [1.807, 2.05) is 22.9 Å². The zero-order valence-corrected chi connectivity index (χ0v) is 12.5. The van der Waals surface area contributed by atoms with Gasteiger partial charge in [-0.15, -0.1) is 0 Å². The molecule has 1 fully saturated rings. The minimum atomic E-state index is 0.390. The lowest BCUT2D eigenvalue weighted by Crippen LogP contribution is -2.33. The molecular formula is C18H23N3. The van der Waals surface area contributed by atoms with Crippen LogP contribution in [0.15, 0.2) is 30.3 Å². The Bertz CT molecular complexity index is 694. The highest BCUT2D eigenvalue weighted by Gasteiger charge is 2.19. The Morgan fingerprint density at radius 3 is 2.43 bits per heavy atom. The Balaban J connectivity index is 1.84. The van der Waals surface area contributed by atoms with E-state index in [9.17, 15) is 0 Å². The average molecular weight is 281 g/mol. The van der Waals surface area contributed by atoms with E-state index in [0.717, 1.165) is 41.2 Å². The molecular weight excluding hydrogens is 258 g/mol. The van der Waals surface area contributed by atoms with Crippen LogP contribution in [-0.2, 0) is 6.54 Å². The summed E-state index contributed by atoms with van der Waals surface area (Å²) in [6.45, 7) is 9.25. The van der Waals surface area contributed by atoms with Gasteiger partial charge in [-0.1, -0.05) is 43.5 Å². The van der Waals surface area contributed by atoms with E-state index in [2.05, 4.69) is 25.3 Å². The van der Waals surface area contributed by atoms with Crippen molar-refractivity contribution in [3.63, 3.8) is 0 Å². The molecule has 1 aliphatic carbocycles. The van der Waals surface area contributed by atoms with Gasteiger partial charge in [-0.2, -0.15) is 5.10 Å². The first-order valence-electron chi connectivity index (χ1n) is 7.71. The van der Waals surface area contributed by atoms with Crippen molar-refractivity contribution in [3.05, 3.63) is 40.9 Å². The molecule has 1 aliphatic rings. The van der Waals surface area contributed by atoms with Crippen molar-refractivity contribution in [1.29, 1.82) is 0 Å². The number of nitrogens with zero attached hydrogens (tertiary/aromatic N) is 2. The van der Waals surface area contributed by atoms with Gasteiger partial charge in [0.25, 0.3) is 0 Å². The minimum absolute atomic E-state index is 0.390. The summed E-state index contributed by atoms with van der Waals surface area (Å²) in [7, 11) is 0. The molecule has 110 valence electrons. The fraction of sp³-hybridized carbons (Fsp3) is 0.389. The van der Waals surface area contributed by atoms with E-state index in [1.165, 1.54) is 12.8 Å². The van der Waals surface area contributed by atoms with Gasteiger partial charge in [-0.25, -0.2) is 0 Å². The third kappa shape index (κ3) is 2.93. The second-order valence-electron chi connectivity index (χ2n) is 6.10. The zero-order chi connectivity index (χ0) is 14.8. The highest BCUT2D eigenvalue weighted by Crippen LogP contribution is 2.24. The van der Waals surface area contributed by atoms with Gasteiger partial charge in [0.15, 0.2) is 0 Å². The highest BCUT2D eigenvalue weighted by atomic mass is 15.3. The van der Waals surface area contributed by atoms with Gasteiger partial charge in [-0.3, -0.25) is 4.68 Å². The largest absolute Gasteiger partial charge is 0.328 e. The molecule has 1 heterocycles. The molecule has 0 aliphatic heterocycles. The van der Waals surface area contributed by atoms with Crippen LogP contribution >= 0.6 is 0 Å². The Morgan fingerprint density at radius 2 is 1.76 bits per heavy atom. The number of aromatic nitrogens is 2. The van der Waals surface area contributed by atoms with E-state index in [1.54, 1.807) is 0 Å². The summed E-state index contributed by atoms with van der Waals surface area (Å²) in [6, 6.07) is 10.6. The summed E-state index contributed by atoms with van der Waals surface area (Å²) in [5, 5.41) is 6.63. The quantitative estimate of drug-likeness (QED) is 0.933. The fourth-order valence-electron chi connectivity index (χ4n) is 3.13. The molecule has 3 heteroatoms. The number of nitrogens with two attached hydrogens (primary N) is 1. The normalized spacial score (nSPS) is 22.3. The fourth-order valence-corrected chi connectivity index (χ4v) is 3.13. The van der Waals surface area contributed by atoms with Crippen molar-refractivity contribution in [2.24, 2.45) is 11.7 Å². The smallest absolute Gasteiger partial charge is 0.0995 e. The van der Waals surface area contributed by atoms with Crippen molar-refractivity contribution in [3.8, 4) is 11.3 Å². The van der Waals surface area contributed by atoms with E-state index in [4.69, 9.17) is 10.8 Å². The van der Waals surface area contributed by atoms with Gasteiger partial charge in [0.05, 0.1) is 11.0 Å². The molecule has 0 radical (unpaired) electrons. The lowest BCUT2D eigenvalue weighted by atomic mass is 9.86. The third-order valence-electron chi connectivity index (χ3n) is 4.54. The molecule has 2 N–H and O–H groups in total. The summed E-state index contributed by atoms with van der Waals surface area (Å²) in [5.41, 5.74) is 8.04. The summed E-state index contributed by atoms with van der Waals surface area (Å²) < 4.78 is 2.03. The minimum Gasteiger partial charge on any atom is -0.328 e.